The molecule has 4 rings (SSSR count). The Morgan fingerprint density at radius 1 is 1.21 bits per heavy atom. The summed E-state index contributed by atoms with van der Waals surface area (Å²) in [5, 5.41) is 11.3. The van der Waals surface area contributed by atoms with Crippen molar-refractivity contribution in [3.63, 3.8) is 0 Å². The van der Waals surface area contributed by atoms with Crippen LogP contribution in [-0.2, 0) is 12.2 Å². The molecule has 0 spiro atoms. The highest BCUT2D eigenvalue weighted by atomic mass is 32.2. The van der Waals surface area contributed by atoms with Gasteiger partial charge in [0.15, 0.2) is 0 Å². The molecular formula is C17H19N5S2. The number of nitrogens with zero attached hydrogens (tertiary/aromatic N) is 4. The Bertz CT molecular complexity index is 777. The zero-order valence-electron chi connectivity index (χ0n) is 13.3. The lowest BCUT2D eigenvalue weighted by Gasteiger charge is -2.03. The first-order chi connectivity index (χ1) is 11.9. The summed E-state index contributed by atoms with van der Waals surface area (Å²) in [6.07, 6.45) is 8.22. The minimum absolute atomic E-state index is 0.782. The smallest absolute Gasteiger partial charge is 0.208 e. The molecule has 1 aliphatic rings. The molecule has 0 radical (unpaired) electrons. The number of thioether (sulfide) groups is 1. The van der Waals surface area contributed by atoms with Crippen LogP contribution in [0.1, 0.15) is 37.2 Å². The largest absolute Gasteiger partial charge is 0.262 e. The molecule has 0 saturated heterocycles. The van der Waals surface area contributed by atoms with Gasteiger partial charge in [-0.15, -0.1) is 16.4 Å². The SMILES string of the molecule is c1ccc(-c2nc(CSc3n[nH]c(CC4CCCC4)n3)cs2)nc1. The second-order valence-corrected chi connectivity index (χ2v) is 7.87. The molecule has 0 aliphatic heterocycles. The lowest BCUT2D eigenvalue weighted by Crippen LogP contribution is -2.00. The molecule has 24 heavy (non-hydrogen) atoms. The predicted octanol–water partition coefficient (Wildman–Crippen LogP) is 4.35. The van der Waals surface area contributed by atoms with Gasteiger partial charge in [-0.25, -0.2) is 9.97 Å². The fourth-order valence-corrected chi connectivity index (χ4v) is 4.65. The standard InChI is InChI=1S/C17H19N5S2/c1-2-6-12(5-1)9-15-20-17(22-21-15)24-11-13-10-23-16(19-13)14-7-3-4-8-18-14/h3-4,7-8,10,12H,1-2,5-6,9,11H2,(H,20,21,22). The maximum Gasteiger partial charge on any atom is 0.208 e. The Labute approximate surface area is 149 Å². The fourth-order valence-electron chi connectivity index (χ4n) is 3.04. The second kappa shape index (κ2) is 7.44. The van der Waals surface area contributed by atoms with Crippen LogP contribution in [0.4, 0.5) is 0 Å². The first kappa shape index (κ1) is 15.8. The van der Waals surface area contributed by atoms with Crippen LogP contribution in [0.15, 0.2) is 34.9 Å². The number of thiazole rings is 1. The molecular weight excluding hydrogens is 338 g/mol. The van der Waals surface area contributed by atoms with Gasteiger partial charge in [0.25, 0.3) is 0 Å². The number of H-pyrrole nitrogens is 1. The van der Waals surface area contributed by atoms with Crippen LogP contribution in [0.3, 0.4) is 0 Å². The van der Waals surface area contributed by atoms with Gasteiger partial charge in [-0.05, 0) is 18.1 Å². The highest BCUT2D eigenvalue weighted by Gasteiger charge is 2.17. The zero-order chi connectivity index (χ0) is 16.2. The average Bonchev–Trinajstić information content (AvgIpc) is 3.36. The summed E-state index contributed by atoms with van der Waals surface area (Å²) in [5.74, 6) is 2.59. The van der Waals surface area contributed by atoms with Gasteiger partial charge in [-0.3, -0.25) is 10.1 Å². The van der Waals surface area contributed by atoms with Gasteiger partial charge in [0.05, 0.1) is 11.4 Å². The van der Waals surface area contributed by atoms with Crippen molar-refractivity contribution in [2.75, 3.05) is 0 Å². The van der Waals surface area contributed by atoms with Crippen LogP contribution in [0.25, 0.3) is 10.7 Å². The summed E-state index contributed by atoms with van der Waals surface area (Å²) in [4.78, 5) is 13.6. The maximum atomic E-state index is 4.65. The van der Waals surface area contributed by atoms with Crippen LogP contribution in [0.5, 0.6) is 0 Å². The van der Waals surface area contributed by atoms with E-state index in [1.54, 1.807) is 29.3 Å². The number of hydrogen-bond donors (Lipinski definition) is 1. The Balaban J connectivity index is 1.34. The molecule has 0 amide bonds. The molecule has 3 heterocycles. The number of rotatable bonds is 6. The molecule has 0 aromatic carbocycles. The van der Waals surface area contributed by atoms with Crippen molar-refractivity contribution in [2.24, 2.45) is 5.92 Å². The molecule has 3 aromatic heterocycles. The van der Waals surface area contributed by atoms with Crippen molar-refractivity contribution < 1.29 is 0 Å². The van der Waals surface area contributed by atoms with Gasteiger partial charge >= 0.3 is 0 Å². The van der Waals surface area contributed by atoms with E-state index in [-0.39, 0.29) is 0 Å². The fraction of sp³-hybridized carbons (Fsp3) is 0.412. The van der Waals surface area contributed by atoms with Crippen LogP contribution in [0.2, 0.25) is 0 Å². The van der Waals surface area contributed by atoms with E-state index in [1.165, 1.54) is 25.7 Å². The Morgan fingerprint density at radius 2 is 2.12 bits per heavy atom. The number of nitrogens with one attached hydrogen (secondary N) is 1. The van der Waals surface area contributed by atoms with Crippen molar-refractivity contribution in [1.29, 1.82) is 0 Å². The Kier molecular flexibility index (Phi) is 4.89. The Morgan fingerprint density at radius 3 is 2.96 bits per heavy atom. The topological polar surface area (TPSA) is 67.3 Å². The molecule has 1 saturated carbocycles. The van der Waals surface area contributed by atoms with E-state index in [1.807, 2.05) is 18.2 Å². The minimum Gasteiger partial charge on any atom is -0.262 e. The van der Waals surface area contributed by atoms with Crippen molar-refractivity contribution in [2.45, 2.75) is 43.0 Å². The van der Waals surface area contributed by atoms with Crippen LogP contribution in [0, 0.1) is 5.92 Å². The van der Waals surface area contributed by atoms with E-state index in [0.29, 0.717) is 0 Å². The number of aromatic nitrogens is 5. The van der Waals surface area contributed by atoms with Gasteiger partial charge in [-0.2, -0.15) is 0 Å². The van der Waals surface area contributed by atoms with Crippen molar-refractivity contribution in [1.82, 2.24) is 25.1 Å². The molecule has 5 nitrogen and oxygen atoms in total. The van der Waals surface area contributed by atoms with E-state index in [4.69, 9.17) is 0 Å². The molecule has 124 valence electrons. The molecule has 1 N–H and O–H groups in total. The van der Waals surface area contributed by atoms with E-state index in [0.717, 1.165) is 45.5 Å². The quantitative estimate of drug-likeness (QED) is 0.664. The van der Waals surface area contributed by atoms with Crippen LogP contribution >= 0.6 is 23.1 Å². The van der Waals surface area contributed by atoms with E-state index in [9.17, 15) is 0 Å². The normalized spacial score (nSPS) is 15.2. The summed E-state index contributed by atoms with van der Waals surface area (Å²) in [6.45, 7) is 0. The third kappa shape index (κ3) is 3.84. The first-order valence-electron chi connectivity index (χ1n) is 8.27. The first-order valence-corrected chi connectivity index (χ1v) is 10.1. The second-order valence-electron chi connectivity index (χ2n) is 6.07. The van der Waals surface area contributed by atoms with Gasteiger partial charge in [-0.1, -0.05) is 43.5 Å². The Hall–Kier alpha value is -1.73. The van der Waals surface area contributed by atoms with E-state index < -0.39 is 0 Å². The predicted molar refractivity (Wildman–Crippen MR) is 97.0 cm³/mol. The summed E-state index contributed by atoms with van der Waals surface area (Å²) in [7, 11) is 0. The van der Waals surface area contributed by atoms with Gasteiger partial charge in [0.2, 0.25) is 5.16 Å². The van der Waals surface area contributed by atoms with E-state index >= 15 is 0 Å². The third-order valence-electron chi connectivity index (χ3n) is 4.25. The lowest BCUT2D eigenvalue weighted by atomic mass is 10.0. The van der Waals surface area contributed by atoms with E-state index in [2.05, 4.69) is 30.5 Å². The lowest BCUT2D eigenvalue weighted by molar-refractivity contribution is 0.531. The minimum atomic E-state index is 0.782. The highest BCUT2D eigenvalue weighted by Crippen LogP contribution is 2.28. The molecule has 0 bridgehead atoms. The molecule has 1 aliphatic carbocycles. The highest BCUT2D eigenvalue weighted by molar-refractivity contribution is 7.98. The summed E-state index contributed by atoms with van der Waals surface area (Å²) in [5.41, 5.74) is 1.98. The van der Waals surface area contributed by atoms with Crippen molar-refractivity contribution in [3.8, 4) is 10.7 Å². The average molecular weight is 358 g/mol. The molecule has 3 aromatic rings. The zero-order valence-corrected chi connectivity index (χ0v) is 14.9. The number of aromatic amines is 1. The summed E-state index contributed by atoms with van der Waals surface area (Å²) >= 11 is 3.26. The van der Waals surface area contributed by atoms with Gasteiger partial charge < -0.3 is 0 Å². The summed E-state index contributed by atoms with van der Waals surface area (Å²) < 4.78 is 0. The van der Waals surface area contributed by atoms with Crippen molar-refractivity contribution in [3.05, 3.63) is 41.3 Å². The monoisotopic (exact) mass is 357 g/mol. The van der Waals surface area contributed by atoms with Gasteiger partial charge in [0, 0.05) is 23.8 Å². The van der Waals surface area contributed by atoms with Crippen molar-refractivity contribution >= 4 is 23.1 Å². The molecule has 0 atom stereocenters. The molecule has 1 fully saturated rings. The van der Waals surface area contributed by atoms with Crippen LogP contribution < -0.4 is 0 Å². The molecule has 7 heteroatoms. The number of pyridine rings is 1. The van der Waals surface area contributed by atoms with Crippen LogP contribution in [-0.4, -0.2) is 25.1 Å². The number of hydrogen-bond acceptors (Lipinski definition) is 6. The molecule has 0 unspecified atom stereocenters. The van der Waals surface area contributed by atoms with Gasteiger partial charge in [0.1, 0.15) is 10.8 Å². The maximum absolute atomic E-state index is 4.65. The summed E-state index contributed by atoms with van der Waals surface area (Å²) in [6, 6.07) is 5.89. The third-order valence-corrected chi connectivity index (χ3v) is 6.05.